The molecule has 1 aromatic rings. The van der Waals surface area contributed by atoms with Crippen molar-refractivity contribution in [2.45, 2.75) is 6.92 Å². The molecule has 0 atom stereocenters. The lowest BCUT2D eigenvalue weighted by Gasteiger charge is -2.07. The minimum atomic E-state index is -0.935. The van der Waals surface area contributed by atoms with E-state index in [0.717, 1.165) is 6.08 Å². The summed E-state index contributed by atoms with van der Waals surface area (Å²) in [6.07, 6.45) is 5.53. The van der Waals surface area contributed by atoms with E-state index in [0.29, 0.717) is 0 Å². The normalized spacial score (nSPS) is 8.53. The van der Waals surface area contributed by atoms with Crippen LogP contribution in [0.1, 0.15) is 27.6 Å². The van der Waals surface area contributed by atoms with E-state index in [1.54, 1.807) is 12.1 Å². The summed E-state index contributed by atoms with van der Waals surface area (Å²) in [5, 5.41) is 7.89. The van der Waals surface area contributed by atoms with Crippen molar-refractivity contribution < 1.29 is 38.5 Å². The Kier molecular flexibility index (Phi) is 17.6. The van der Waals surface area contributed by atoms with Gasteiger partial charge in [0.05, 0.1) is 11.1 Å². The highest BCUT2D eigenvalue weighted by Crippen LogP contribution is 2.12. The van der Waals surface area contributed by atoms with Crippen molar-refractivity contribution in [1.82, 2.24) is 0 Å². The molecular formula is C24H28O8. The Morgan fingerprint density at radius 1 is 0.812 bits per heavy atom. The molecule has 0 saturated heterocycles. The van der Waals surface area contributed by atoms with Gasteiger partial charge in [0, 0.05) is 11.6 Å². The Hall–Kier alpha value is -4.20. The zero-order valence-electron chi connectivity index (χ0n) is 18.1. The van der Waals surface area contributed by atoms with Crippen LogP contribution in [0.25, 0.3) is 0 Å². The lowest BCUT2D eigenvalue weighted by Crippen LogP contribution is -2.14. The van der Waals surface area contributed by atoms with Gasteiger partial charge in [0.25, 0.3) is 0 Å². The summed E-state index contributed by atoms with van der Waals surface area (Å²) in [5.41, 5.74) is 0.525. The molecule has 1 N–H and O–H groups in total. The topological polar surface area (TPSA) is 116 Å². The molecule has 1 aromatic carbocycles. The molecule has 0 aliphatic rings. The molecule has 172 valence electrons. The minimum Gasteiger partial charge on any atom is -0.478 e. The first-order chi connectivity index (χ1) is 15.2. The van der Waals surface area contributed by atoms with Crippen molar-refractivity contribution in [2.24, 2.45) is 0 Å². The second kappa shape index (κ2) is 18.8. The van der Waals surface area contributed by atoms with E-state index in [1.807, 2.05) is 0 Å². The number of carbonyl (C=O) groups excluding carboxylic acids is 3. The van der Waals surface area contributed by atoms with E-state index in [4.69, 9.17) is 14.6 Å². The standard InChI is InChI=1S/C14H14O4.C6H8O2.C4H6O2/c1-3-9-17-13(15)11-7-5-6-8-12(11)14(16)18-10-4-2;1-3-5-8-6(7)4-2;1-3(2)4(5)6/h3-8H,1-2,9-10H2;3-4H,1-2,5H2;1H2,2H3,(H,5,6). The Bertz CT molecular complexity index is 781. The largest absolute Gasteiger partial charge is 0.478 e. The highest BCUT2D eigenvalue weighted by atomic mass is 16.5. The average Bonchev–Trinajstić information content (AvgIpc) is 2.79. The summed E-state index contributed by atoms with van der Waals surface area (Å²) in [6.45, 7) is 18.5. The Morgan fingerprint density at radius 3 is 1.44 bits per heavy atom. The molecule has 0 bridgehead atoms. The maximum atomic E-state index is 11.7. The van der Waals surface area contributed by atoms with Crippen molar-refractivity contribution in [3.05, 3.63) is 98.2 Å². The van der Waals surface area contributed by atoms with Crippen LogP contribution in [0.15, 0.2) is 87.0 Å². The summed E-state index contributed by atoms with van der Waals surface area (Å²) < 4.78 is 14.2. The summed E-state index contributed by atoms with van der Waals surface area (Å²) in [7, 11) is 0. The van der Waals surface area contributed by atoms with Crippen molar-refractivity contribution in [3.63, 3.8) is 0 Å². The van der Waals surface area contributed by atoms with Crippen LogP contribution in [0.4, 0.5) is 0 Å². The van der Waals surface area contributed by atoms with Gasteiger partial charge in [-0.3, -0.25) is 0 Å². The number of carboxylic acids is 1. The van der Waals surface area contributed by atoms with Gasteiger partial charge in [-0.1, -0.05) is 63.3 Å². The van der Waals surface area contributed by atoms with Crippen LogP contribution in [0.3, 0.4) is 0 Å². The van der Waals surface area contributed by atoms with Gasteiger partial charge in [0.2, 0.25) is 0 Å². The summed E-state index contributed by atoms with van der Waals surface area (Å²) >= 11 is 0. The summed E-state index contributed by atoms with van der Waals surface area (Å²) in [5.74, 6) is -2.51. The van der Waals surface area contributed by atoms with Crippen LogP contribution in [0, 0.1) is 0 Å². The molecule has 0 saturated carbocycles. The number of benzene rings is 1. The number of rotatable bonds is 10. The van der Waals surface area contributed by atoms with E-state index in [2.05, 4.69) is 37.6 Å². The van der Waals surface area contributed by atoms with Crippen LogP contribution in [-0.4, -0.2) is 48.8 Å². The zero-order chi connectivity index (χ0) is 24.9. The van der Waals surface area contributed by atoms with Gasteiger partial charge in [-0.25, -0.2) is 19.2 Å². The molecule has 0 radical (unpaired) electrons. The minimum absolute atomic E-state index is 0.0921. The molecule has 0 amide bonds. The van der Waals surface area contributed by atoms with Crippen molar-refractivity contribution in [3.8, 4) is 0 Å². The molecule has 0 unspecified atom stereocenters. The molecule has 0 aliphatic carbocycles. The predicted molar refractivity (Wildman–Crippen MR) is 121 cm³/mol. The monoisotopic (exact) mass is 444 g/mol. The van der Waals surface area contributed by atoms with Gasteiger partial charge >= 0.3 is 23.9 Å². The van der Waals surface area contributed by atoms with E-state index in [9.17, 15) is 19.2 Å². The zero-order valence-corrected chi connectivity index (χ0v) is 18.1. The van der Waals surface area contributed by atoms with Crippen LogP contribution >= 0.6 is 0 Å². The SMILES string of the molecule is C=C(C)C(=O)O.C=CCOC(=O)C=C.C=CCOC(=O)c1ccccc1C(=O)OCC=C. The number of esters is 3. The fourth-order valence-corrected chi connectivity index (χ4v) is 1.46. The molecule has 0 aliphatic heterocycles. The molecule has 0 spiro atoms. The molecule has 32 heavy (non-hydrogen) atoms. The highest BCUT2D eigenvalue weighted by Gasteiger charge is 2.18. The van der Waals surface area contributed by atoms with Gasteiger partial charge in [-0.05, 0) is 19.1 Å². The fourth-order valence-electron chi connectivity index (χ4n) is 1.46. The lowest BCUT2D eigenvalue weighted by molar-refractivity contribution is -0.136. The second-order valence-corrected chi connectivity index (χ2v) is 5.53. The molecule has 0 fully saturated rings. The number of hydrogen-bond donors (Lipinski definition) is 1. The molecule has 0 aromatic heterocycles. The Labute approximate surface area is 187 Å². The summed E-state index contributed by atoms with van der Waals surface area (Å²) in [4.78, 5) is 43.2. The maximum absolute atomic E-state index is 11.7. The number of carboxylic acid groups (broad SMARTS) is 1. The van der Waals surface area contributed by atoms with Crippen LogP contribution in [0.2, 0.25) is 0 Å². The number of hydrogen-bond acceptors (Lipinski definition) is 7. The third-order valence-corrected chi connectivity index (χ3v) is 2.91. The van der Waals surface area contributed by atoms with Gasteiger partial charge in [-0.15, -0.1) is 0 Å². The Balaban J connectivity index is 0. The number of carbonyl (C=O) groups is 4. The number of aliphatic carboxylic acids is 1. The van der Waals surface area contributed by atoms with E-state index >= 15 is 0 Å². The molecule has 1 rings (SSSR count). The molecular weight excluding hydrogens is 416 g/mol. The molecule has 0 heterocycles. The third-order valence-electron chi connectivity index (χ3n) is 2.91. The second-order valence-electron chi connectivity index (χ2n) is 5.53. The maximum Gasteiger partial charge on any atom is 0.339 e. The first-order valence-corrected chi connectivity index (χ1v) is 9.10. The van der Waals surface area contributed by atoms with Gasteiger partial charge in [0.15, 0.2) is 0 Å². The first kappa shape index (κ1) is 30.0. The first-order valence-electron chi connectivity index (χ1n) is 9.10. The van der Waals surface area contributed by atoms with Crippen LogP contribution < -0.4 is 0 Å². The molecule has 8 heteroatoms. The van der Waals surface area contributed by atoms with E-state index in [1.165, 1.54) is 37.3 Å². The van der Waals surface area contributed by atoms with Gasteiger partial charge in [0.1, 0.15) is 19.8 Å². The van der Waals surface area contributed by atoms with Crippen LogP contribution in [0.5, 0.6) is 0 Å². The van der Waals surface area contributed by atoms with E-state index < -0.39 is 23.9 Å². The van der Waals surface area contributed by atoms with Crippen molar-refractivity contribution in [1.29, 1.82) is 0 Å². The fraction of sp³-hybridized carbons (Fsp3) is 0.167. The average molecular weight is 444 g/mol. The number of ether oxygens (including phenoxy) is 3. The third kappa shape index (κ3) is 14.7. The van der Waals surface area contributed by atoms with Crippen LogP contribution in [-0.2, 0) is 23.8 Å². The van der Waals surface area contributed by atoms with Gasteiger partial charge < -0.3 is 19.3 Å². The Morgan fingerprint density at radius 2 is 1.16 bits per heavy atom. The molecule has 8 nitrogen and oxygen atoms in total. The van der Waals surface area contributed by atoms with Gasteiger partial charge in [-0.2, -0.15) is 0 Å². The van der Waals surface area contributed by atoms with Crippen molar-refractivity contribution in [2.75, 3.05) is 19.8 Å². The summed E-state index contributed by atoms with van der Waals surface area (Å²) in [6, 6.07) is 6.31. The quantitative estimate of drug-likeness (QED) is 0.250. The highest BCUT2D eigenvalue weighted by molar-refractivity contribution is 6.03. The van der Waals surface area contributed by atoms with E-state index in [-0.39, 0.29) is 36.5 Å². The lowest BCUT2D eigenvalue weighted by atomic mass is 10.1. The van der Waals surface area contributed by atoms with Crippen molar-refractivity contribution >= 4 is 23.9 Å². The smallest absolute Gasteiger partial charge is 0.339 e. The predicted octanol–water partition coefficient (Wildman–Crippen LogP) is 3.92.